The molecule has 0 aromatic rings. The number of aliphatic hydroxyl groups excluding tert-OH is 2. The van der Waals surface area contributed by atoms with E-state index in [1.165, 1.54) is 122 Å². The third kappa shape index (κ3) is 32.0. The molecule has 1 amide bonds. The van der Waals surface area contributed by atoms with Crippen LogP contribution >= 0.6 is 0 Å². The molecule has 0 aromatic heterocycles. The van der Waals surface area contributed by atoms with Gasteiger partial charge >= 0.3 is 11.9 Å². The van der Waals surface area contributed by atoms with E-state index in [1.807, 2.05) is 6.08 Å². The number of nitrogens with one attached hydrogen (secondary N) is 1. The first-order chi connectivity index (χ1) is 24.1. The van der Waals surface area contributed by atoms with Gasteiger partial charge in [0.15, 0.2) is 0 Å². The van der Waals surface area contributed by atoms with Crippen LogP contribution in [0.3, 0.4) is 0 Å². The van der Waals surface area contributed by atoms with Gasteiger partial charge in [-0.1, -0.05) is 167 Å². The number of amides is 1. The third-order valence-electron chi connectivity index (χ3n) is 9.30. The summed E-state index contributed by atoms with van der Waals surface area (Å²) < 4.78 is 10.5. The van der Waals surface area contributed by atoms with Crippen LogP contribution in [0.25, 0.3) is 0 Å². The zero-order chi connectivity index (χ0) is 37.1. The fourth-order valence-corrected chi connectivity index (χ4v) is 5.95. The van der Waals surface area contributed by atoms with Gasteiger partial charge in [0.05, 0.1) is 31.6 Å². The number of hydrogen-bond donors (Lipinski definition) is 3. The van der Waals surface area contributed by atoms with Gasteiger partial charge in [-0.25, -0.2) is 0 Å². The summed E-state index contributed by atoms with van der Waals surface area (Å²) >= 11 is 0. The summed E-state index contributed by atoms with van der Waals surface area (Å²) in [5, 5.41) is 23.1. The van der Waals surface area contributed by atoms with Crippen LogP contribution in [0, 0.1) is 0 Å². The molecule has 50 heavy (non-hydrogen) atoms. The smallest absolute Gasteiger partial charge is 0.306 e. The van der Waals surface area contributed by atoms with E-state index in [2.05, 4.69) is 19.2 Å². The minimum Gasteiger partial charge on any atom is -0.463 e. The second-order valence-corrected chi connectivity index (χ2v) is 15.0. The normalized spacial score (nSPS) is 13.0. The van der Waals surface area contributed by atoms with E-state index in [-0.39, 0.29) is 32.0 Å². The predicted molar refractivity (Wildman–Crippen MR) is 206 cm³/mol. The van der Waals surface area contributed by atoms with Crippen molar-refractivity contribution in [3.63, 3.8) is 0 Å². The van der Waals surface area contributed by atoms with Crippen LogP contribution in [0.5, 0.6) is 0 Å². The first-order valence-corrected chi connectivity index (χ1v) is 20.8. The first kappa shape index (κ1) is 48.1. The molecule has 0 heterocycles. The maximum absolute atomic E-state index is 12.8. The molecule has 8 heteroatoms. The molecule has 294 valence electrons. The summed E-state index contributed by atoms with van der Waals surface area (Å²) in [5.74, 6) is -1.38. The number of ether oxygens (including phenoxy) is 2. The Balaban J connectivity index is 4.54. The summed E-state index contributed by atoms with van der Waals surface area (Å²) in [6, 6.07) is -0.776. The van der Waals surface area contributed by atoms with E-state index in [0.717, 1.165) is 38.5 Å². The van der Waals surface area contributed by atoms with Gasteiger partial charge in [0, 0.05) is 6.42 Å². The number of carbonyl (C=O) groups excluding carboxylic acids is 3. The molecule has 0 aromatic carbocycles. The van der Waals surface area contributed by atoms with Crippen molar-refractivity contribution in [2.24, 2.45) is 0 Å². The molecule has 0 spiro atoms. The number of allylic oxidation sites excluding steroid dienone is 1. The molecule has 0 bridgehead atoms. The molecular weight excluding hydrogens is 630 g/mol. The van der Waals surface area contributed by atoms with E-state index in [9.17, 15) is 24.6 Å². The number of carbonyl (C=O) groups is 3. The zero-order valence-electron chi connectivity index (χ0n) is 33.0. The Bertz CT molecular complexity index is 844. The van der Waals surface area contributed by atoms with Gasteiger partial charge in [-0.05, 0) is 33.1 Å². The van der Waals surface area contributed by atoms with Gasteiger partial charge < -0.3 is 25.0 Å². The first-order valence-electron chi connectivity index (χ1n) is 20.8. The van der Waals surface area contributed by atoms with E-state index in [1.54, 1.807) is 19.9 Å². The maximum Gasteiger partial charge on any atom is 0.306 e. The molecule has 0 fully saturated rings. The fraction of sp³-hybridized carbons (Fsp3) is 0.881. The van der Waals surface area contributed by atoms with Crippen LogP contribution in [0.4, 0.5) is 0 Å². The summed E-state index contributed by atoms with van der Waals surface area (Å²) in [4.78, 5) is 37.2. The molecule has 0 aliphatic rings. The van der Waals surface area contributed by atoms with Crippen LogP contribution in [0.1, 0.15) is 207 Å². The molecule has 0 rings (SSSR count). The van der Waals surface area contributed by atoms with Crippen molar-refractivity contribution < 1.29 is 34.1 Å². The summed E-state index contributed by atoms with van der Waals surface area (Å²) in [5.41, 5.74) is -1.02. The summed E-state index contributed by atoms with van der Waals surface area (Å²) in [6.07, 6.45) is 33.6. The minimum atomic E-state index is -1.02. The average molecular weight is 710 g/mol. The SMILES string of the molecule is CCCCCCCCCCCCC/C=C/C(O)C(COC(=O)CCC(=O)OC(C)(C)CO)NC(=O)CCCCCCCCCCCCCCC. The van der Waals surface area contributed by atoms with Crippen molar-refractivity contribution in [2.75, 3.05) is 13.2 Å². The number of hydrogen-bond acceptors (Lipinski definition) is 7. The average Bonchev–Trinajstić information content (AvgIpc) is 3.09. The second-order valence-electron chi connectivity index (χ2n) is 15.0. The van der Waals surface area contributed by atoms with Crippen molar-refractivity contribution >= 4 is 17.8 Å². The quantitative estimate of drug-likeness (QED) is 0.0336. The van der Waals surface area contributed by atoms with Crippen LogP contribution < -0.4 is 5.32 Å². The third-order valence-corrected chi connectivity index (χ3v) is 9.30. The van der Waals surface area contributed by atoms with E-state index in [4.69, 9.17) is 9.47 Å². The summed E-state index contributed by atoms with van der Waals surface area (Å²) in [7, 11) is 0. The van der Waals surface area contributed by atoms with Crippen molar-refractivity contribution in [2.45, 2.75) is 225 Å². The van der Waals surface area contributed by atoms with E-state index >= 15 is 0 Å². The molecule has 3 N–H and O–H groups in total. The number of aliphatic hydroxyl groups is 2. The van der Waals surface area contributed by atoms with Crippen molar-refractivity contribution in [1.82, 2.24) is 5.32 Å². The topological polar surface area (TPSA) is 122 Å². The standard InChI is InChI=1S/C42H79NO7/c1-5-7-9-11-13-15-17-19-21-23-25-27-29-31-38(45)37(35-49-40(47)33-34-41(48)50-42(3,4)36-44)43-39(46)32-30-28-26-24-22-20-18-16-14-12-10-8-6-2/h29,31,37-38,44-45H,5-28,30,32-36H2,1-4H3,(H,43,46)/b31-29+. The highest BCUT2D eigenvalue weighted by Gasteiger charge is 2.24. The summed E-state index contributed by atoms with van der Waals surface area (Å²) in [6.45, 7) is 7.15. The molecule has 0 aliphatic carbocycles. The Morgan fingerprint density at radius 2 is 1.04 bits per heavy atom. The van der Waals surface area contributed by atoms with Gasteiger partial charge in [0.1, 0.15) is 12.2 Å². The predicted octanol–water partition coefficient (Wildman–Crippen LogP) is 10.2. The monoisotopic (exact) mass is 710 g/mol. The maximum atomic E-state index is 12.8. The molecule has 2 atom stereocenters. The molecule has 0 saturated heterocycles. The molecule has 0 radical (unpaired) electrons. The Morgan fingerprint density at radius 3 is 1.50 bits per heavy atom. The Kier molecular flexibility index (Phi) is 32.9. The van der Waals surface area contributed by atoms with Crippen molar-refractivity contribution in [3.05, 3.63) is 12.2 Å². The zero-order valence-corrected chi connectivity index (χ0v) is 33.0. The molecule has 0 saturated carbocycles. The fourth-order valence-electron chi connectivity index (χ4n) is 5.95. The van der Waals surface area contributed by atoms with Gasteiger partial charge in [-0.2, -0.15) is 0 Å². The van der Waals surface area contributed by atoms with Crippen LogP contribution in [-0.4, -0.2) is 59.0 Å². The van der Waals surface area contributed by atoms with Crippen molar-refractivity contribution in [3.8, 4) is 0 Å². The molecule has 2 unspecified atom stereocenters. The molecule has 0 aliphatic heterocycles. The van der Waals surface area contributed by atoms with E-state index in [0.29, 0.717) is 6.42 Å². The Hall–Kier alpha value is -1.93. The molecule has 8 nitrogen and oxygen atoms in total. The van der Waals surface area contributed by atoms with Crippen molar-refractivity contribution in [1.29, 1.82) is 0 Å². The lowest BCUT2D eigenvalue weighted by molar-refractivity contribution is -0.162. The van der Waals surface area contributed by atoms with Gasteiger partial charge in [0.25, 0.3) is 0 Å². The number of unbranched alkanes of at least 4 members (excludes halogenated alkanes) is 23. The highest BCUT2D eigenvalue weighted by molar-refractivity contribution is 5.78. The number of rotatable bonds is 36. The van der Waals surface area contributed by atoms with Crippen LogP contribution in [0.2, 0.25) is 0 Å². The Labute approximate surface area is 307 Å². The lowest BCUT2D eigenvalue weighted by atomic mass is 10.0. The van der Waals surface area contributed by atoms with E-state index < -0.39 is 29.7 Å². The van der Waals surface area contributed by atoms with Gasteiger partial charge in [0.2, 0.25) is 5.91 Å². The van der Waals surface area contributed by atoms with Gasteiger partial charge in [-0.15, -0.1) is 0 Å². The highest BCUT2D eigenvalue weighted by Crippen LogP contribution is 2.15. The largest absolute Gasteiger partial charge is 0.463 e. The van der Waals surface area contributed by atoms with Gasteiger partial charge in [-0.3, -0.25) is 14.4 Å². The lowest BCUT2D eigenvalue weighted by Crippen LogP contribution is -2.46. The highest BCUT2D eigenvalue weighted by atomic mass is 16.6. The van der Waals surface area contributed by atoms with Crippen LogP contribution in [-0.2, 0) is 23.9 Å². The second kappa shape index (κ2) is 34.2. The molecular formula is C42H79NO7. The van der Waals surface area contributed by atoms with Crippen LogP contribution in [0.15, 0.2) is 12.2 Å². The Morgan fingerprint density at radius 1 is 0.620 bits per heavy atom. The number of esters is 2. The lowest BCUT2D eigenvalue weighted by Gasteiger charge is -2.23. The minimum absolute atomic E-state index is 0.165.